The maximum absolute atomic E-state index is 13.3. The molecule has 4 aliphatic rings. The molecule has 2 aromatic carbocycles. The van der Waals surface area contributed by atoms with Gasteiger partial charge in [-0.15, -0.1) is 0 Å². The first-order valence-electron chi connectivity index (χ1n) is 11.0. The predicted octanol–water partition coefficient (Wildman–Crippen LogP) is 4.59. The molecule has 2 bridgehead atoms. The first-order chi connectivity index (χ1) is 15.7. The molecular weight excluding hydrogens is 458 g/mol. The lowest BCUT2D eigenvalue weighted by atomic mass is 9.71. The van der Waals surface area contributed by atoms with E-state index in [0.717, 1.165) is 29.5 Å². The van der Waals surface area contributed by atoms with Gasteiger partial charge in [0.05, 0.1) is 4.90 Å². The van der Waals surface area contributed by atoms with Gasteiger partial charge in [0.2, 0.25) is 0 Å². The lowest BCUT2D eigenvalue weighted by Gasteiger charge is -2.35. The van der Waals surface area contributed by atoms with Crippen LogP contribution < -0.4 is 4.18 Å². The molecule has 0 radical (unpaired) electrons. The summed E-state index contributed by atoms with van der Waals surface area (Å²) in [7, 11) is -0.239. The topological polar surface area (TPSA) is 82.4 Å². The van der Waals surface area contributed by atoms with Crippen molar-refractivity contribution in [3.05, 3.63) is 59.2 Å². The number of allylic oxidation sites excluding steroid dienone is 2. The minimum absolute atomic E-state index is 0.00418. The number of phenolic OH excluding ortho intramolecular Hbond substituents is 1. The van der Waals surface area contributed by atoms with Crippen molar-refractivity contribution in [3.8, 4) is 11.5 Å². The average molecular weight is 486 g/mol. The monoisotopic (exact) mass is 485 g/mol. The average Bonchev–Trinajstić information content (AvgIpc) is 3.03. The standard InChI is InChI=1S/C24H27N3O4S2/c1-14-5-11-18(12-6-14)33(29,30)31-23-20(32-24-25-27(4)15(2)26(24)3)13-19(28)21-16-7-9-17(10-8-16)22(21)23/h5-7,9,11-13,15-17,28H,8,10H2,1-4H3. The second-order valence-corrected chi connectivity index (χ2v) is 11.4. The Morgan fingerprint density at radius 3 is 2.30 bits per heavy atom. The summed E-state index contributed by atoms with van der Waals surface area (Å²) in [5.41, 5.74) is 2.52. The molecule has 1 N–H and O–H groups in total. The third kappa shape index (κ3) is 3.77. The van der Waals surface area contributed by atoms with Gasteiger partial charge < -0.3 is 14.2 Å². The summed E-state index contributed by atoms with van der Waals surface area (Å²) in [6.07, 6.45) is 6.09. The molecule has 1 aliphatic heterocycles. The van der Waals surface area contributed by atoms with Crippen molar-refractivity contribution in [2.45, 2.75) is 54.5 Å². The number of fused-ring (bicyclic) bond motifs is 1. The molecular formula is C24H27N3O4S2. The number of benzene rings is 2. The van der Waals surface area contributed by atoms with Gasteiger partial charge in [-0.1, -0.05) is 29.8 Å². The van der Waals surface area contributed by atoms with Crippen molar-refractivity contribution in [2.24, 2.45) is 5.10 Å². The van der Waals surface area contributed by atoms with Gasteiger partial charge in [0.25, 0.3) is 0 Å². The van der Waals surface area contributed by atoms with E-state index < -0.39 is 10.1 Å². The minimum Gasteiger partial charge on any atom is -0.508 e. The van der Waals surface area contributed by atoms with Crippen LogP contribution in [0.1, 0.15) is 48.3 Å². The Balaban J connectivity index is 1.63. The number of hydrogen-bond donors (Lipinski definition) is 1. The first kappa shape index (κ1) is 22.2. The van der Waals surface area contributed by atoms with Crippen molar-refractivity contribution in [3.63, 3.8) is 0 Å². The van der Waals surface area contributed by atoms with Gasteiger partial charge >= 0.3 is 10.1 Å². The third-order valence-electron chi connectivity index (χ3n) is 6.76. The maximum Gasteiger partial charge on any atom is 0.339 e. The van der Waals surface area contributed by atoms with Gasteiger partial charge in [-0.3, -0.25) is 5.01 Å². The molecule has 3 atom stereocenters. The lowest BCUT2D eigenvalue weighted by molar-refractivity contribution is 0.200. The molecule has 6 rings (SSSR count). The molecule has 0 amide bonds. The van der Waals surface area contributed by atoms with Crippen molar-refractivity contribution in [1.29, 1.82) is 0 Å². The zero-order valence-electron chi connectivity index (χ0n) is 19.0. The summed E-state index contributed by atoms with van der Waals surface area (Å²) in [4.78, 5) is 2.65. The highest BCUT2D eigenvalue weighted by Gasteiger charge is 2.38. The Hall–Kier alpha value is -2.65. The van der Waals surface area contributed by atoms with Gasteiger partial charge in [-0.25, -0.2) is 0 Å². The van der Waals surface area contributed by atoms with Crippen LogP contribution in [0.3, 0.4) is 0 Å². The number of hydrogen-bond acceptors (Lipinski definition) is 8. The molecule has 7 nitrogen and oxygen atoms in total. The van der Waals surface area contributed by atoms with Crippen molar-refractivity contribution < 1.29 is 17.7 Å². The van der Waals surface area contributed by atoms with Gasteiger partial charge in [0.1, 0.15) is 16.8 Å². The second-order valence-electron chi connectivity index (χ2n) is 8.88. The summed E-state index contributed by atoms with van der Waals surface area (Å²) < 4.78 is 32.5. The zero-order valence-corrected chi connectivity index (χ0v) is 20.7. The van der Waals surface area contributed by atoms with Crippen LogP contribution in [0, 0.1) is 6.92 Å². The summed E-state index contributed by atoms with van der Waals surface area (Å²) in [5.74, 6) is 0.538. The van der Waals surface area contributed by atoms with Gasteiger partial charge in [-0.2, -0.15) is 13.5 Å². The van der Waals surface area contributed by atoms with E-state index in [0.29, 0.717) is 15.8 Å². The fourth-order valence-electron chi connectivity index (χ4n) is 4.63. The van der Waals surface area contributed by atoms with Gasteiger partial charge in [0, 0.05) is 37.1 Å². The number of aromatic hydroxyl groups is 1. The number of phenols is 1. The predicted molar refractivity (Wildman–Crippen MR) is 129 cm³/mol. The van der Waals surface area contributed by atoms with E-state index in [9.17, 15) is 13.5 Å². The first-order valence-corrected chi connectivity index (χ1v) is 13.2. The van der Waals surface area contributed by atoms with E-state index in [4.69, 9.17) is 4.18 Å². The van der Waals surface area contributed by atoms with Gasteiger partial charge in [0.15, 0.2) is 10.9 Å². The molecule has 33 heavy (non-hydrogen) atoms. The van der Waals surface area contributed by atoms with Crippen LogP contribution in [-0.2, 0) is 10.1 Å². The Morgan fingerprint density at radius 1 is 1.09 bits per heavy atom. The molecule has 0 aromatic heterocycles. The molecule has 3 aliphatic carbocycles. The minimum atomic E-state index is -4.07. The number of aryl methyl sites for hydroxylation is 1. The Kier molecular flexibility index (Phi) is 5.36. The van der Waals surface area contributed by atoms with E-state index in [1.165, 1.54) is 11.8 Å². The highest BCUT2D eigenvalue weighted by molar-refractivity contribution is 8.14. The molecule has 0 saturated carbocycles. The fourth-order valence-corrected chi connectivity index (χ4v) is 6.73. The summed E-state index contributed by atoms with van der Waals surface area (Å²) >= 11 is 1.31. The zero-order chi connectivity index (χ0) is 23.5. The summed E-state index contributed by atoms with van der Waals surface area (Å²) in [6.45, 7) is 3.94. The van der Waals surface area contributed by atoms with E-state index in [1.54, 1.807) is 30.3 Å². The molecule has 1 heterocycles. The lowest BCUT2D eigenvalue weighted by Crippen LogP contribution is -2.34. The van der Waals surface area contributed by atoms with E-state index >= 15 is 0 Å². The number of amidine groups is 1. The highest BCUT2D eigenvalue weighted by Crippen LogP contribution is 2.55. The summed E-state index contributed by atoms with van der Waals surface area (Å²) in [6, 6.07) is 8.24. The van der Waals surface area contributed by atoms with Crippen LogP contribution in [0.4, 0.5) is 0 Å². The van der Waals surface area contributed by atoms with Crippen molar-refractivity contribution in [1.82, 2.24) is 9.91 Å². The van der Waals surface area contributed by atoms with Crippen molar-refractivity contribution in [2.75, 3.05) is 14.1 Å². The van der Waals surface area contributed by atoms with Crippen LogP contribution in [0.5, 0.6) is 11.5 Å². The number of rotatable bonds is 4. The second kappa shape index (κ2) is 7.99. The van der Waals surface area contributed by atoms with Crippen LogP contribution >= 0.6 is 11.8 Å². The van der Waals surface area contributed by atoms with Crippen LogP contribution in [0.15, 0.2) is 57.4 Å². The smallest absolute Gasteiger partial charge is 0.339 e. The maximum atomic E-state index is 13.3. The van der Waals surface area contributed by atoms with Crippen LogP contribution in [0.2, 0.25) is 0 Å². The Morgan fingerprint density at radius 2 is 1.73 bits per heavy atom. The highest BCUT2D eigenvalue weighted by atomic mass is 32.2. The largest absolute Gasteiger partial charge is 0.508 e. The Bertz CT molecular complexity index is 1270. The van der Waals surface area contributed by atoms with E-state index in [-0.39, 0.29) is 28.6 Å². The molecule has 9 heteroatoms. The van der Waals surface area contributed by atoms with Gasteiger partial charge in [-0.05, 0) is 56.7 Å². The normalized spacial score (nSPS) is 23.6. The molecule has 0 spiro atoms. The number of hydrazone groups is 1. The fraction of sp³-hybridized carbons (Fsp3) is 0.375. The molecule has 2 aromatic rings. The quantitative estimate of drug-likeness (QED) is 0.501. The molecule has 174 valence electrons. The SMILES string of the molecule is Cc1ccc(S(=O)(=O)Oc2c(SC3=NN(C)C(C)N3C)cc(O)c3c2C2C=CC3CC2)cc1. The van der Waals surface area contributed by atoms with Crippen molar-refractivity contribution >= 4 is 27.0 Å². The number of nitrogens with zero attached hydrogens (tertiary/aromatic N) is 3. The number of thioether (sulfide) groups is 1. The summed E-state index contributed by atoms with van der Waals surface area (Å²) in [5, 5.41) is 18.1. The van der Waals surface area contributed by atoms with E-state index in [1.807, 2.05) is 37.9 Å². The van der Waals surface area contributed by atoms with E-state index in [2.05, 4.69) is 17.3 Å². The third-order valence-corrected chi connectivity index (χ3v) is 9.07. The Labute approximate surface area is 198 Å². The molecule has 0 fully saturated rings. The molecule has 0 saturated heterocycles. The van der Waals surface area contributed by atoms with Crippen LogP contribution in [0.25, 0.3) is 0 Å². The molecule has 3 unspecified atom stereocenters. The van der Waals surface area contributed by atoms with Crippen LogP contribution in [-0.4, -0.2) is 48.9 Å².